The summed E-state index contributed by atoms with van der Waals surface area (Å²) in [5, 5.41) is 22.5. The zero-order chi connectivity index (χ0) is 34.8. The Labute approximate surface area is 284 Å². The third-order valence-corrected chi connectivity index (χ3v) is 8.13. The summed E-state index contributed by atoms with van der Waals surface area (Å²) in [4.78, 5) is 10.1. The molecule has 0 amide bonds. The minimum absolute atomic E-state index is 0. The number of rotatable bonds is 4. The Bertz CT molecular complexity index is 1270. The summed E-state index contributed by atoms with van der Waals surface area (Å²) in [6.07, 6.45) is 7.90. The van der Waals surface area contributed by atoms with E-state index in [1.54, 1.807) is 0 Å². The molecule has 10 heteroatoms. The Hall–Kier alpha value is -2.33. The topological polar surface area (TPSA) is 65.2 Å². The molecule has 2 atom stereocenters. The van der Waals surface area contributed by atoms with Crippen molar-refractivity contribution in [2.24, 2.45) is 9.98 Å². The van der Waals surface area contributed by atoms with Crippen molar-refractivity contribution in [2.75, 3.05) is 0 Å². The van der Waals surface area contributed by atoms with Gasteiger partial charge in [-0.2, -0.15) is 0 Å². The van der Waals surface area contributed by atoms with E-state index in [0.717, 1.165) is 47.9 Å². The van der Waals surface area contributed by atoms with Crippen LogP contribution >= 0.6 is 0 Å². The fourth-order valence-corrected chi connectivity index (χ4v) is 5.31. The number of aromatic hydroxyl groups is 2. The van der Waals surface area contributed by atoms with E-state index in [-0.39, 0.29) is 50.5 Å². The predicted octanol–water partition coefficient (Wildman–Crippen LogP) is 10.4. The van der Waals surface area contributed by atoms with Gasteiger partial charge in [-0.3, -0.25) is 9.98 Å². The minimum Gasteiger partial charge on any atom is -0.507 e. The van der Waals surface area contributed by atoms with Crippen LogP contribution in [0.5, 0.6) is 11.5 Å². The van der Waals surface area contributed by atoms with Crippen molar-refractivity contribution < 1.29 is 44.3 Å². The first-order valence-electron chi connectivity index (χ1n) is 15.9. The maximum atomic E-state index is 11.2. The molecule has 0 aromatic heterocycles. The molecule has 0 spiro atoms. The first-order chi connectivity index (χ1) is 20.2. The molecule has 2 aromatic carbocycles. The Morgan fingerprint density at radius 3 is 1.11 bits per heavy atom. The Balaban J connectivity index is 0.00000163. The number of phenols is 2. The number of halogens is 4. The maximum Gasteiger partial charge on any atom is 0.673 e. The first-order valence-corrected chi connectivity index (χ1v) is 15.9. The molecule has 1 radical (unpaired) electrons. The van der Waals surface area contributed by atoms with E-state index in [0.29, 0.717) is 11.5 Å². The Morgan fingerprint density at radius 2 is 0.870 bits per heavy atom. The molecule has 1 fully saturated rings. The van der Waals surface area contributed by atoms with Gasteiger partial charge in [0.25, 0.3) is 0 Å². The number of hydrogen-bond donors (Lipinski definition) is 2. The van der Waals surface area contributed by atoms with Gasteiger partial charge in [-0.25, -0.2) is 0 Å². The summed E-state index contributed by atoms with van der Waals surface area (Å²) in [5.41, 5.74) is 5.39. The number of nitrogens with zero attached hydrogens (tertiary/aromatic N) is 2. The van der Waals surface area contributed by atoms with E-state index in [1.807, 2.05) is 12.4 Å². The van der Waals surface area contributed by atoms with Gasteiger partial charge in [0.1, 0.15) is 11.5 Å². The molecule has 0 heterocycles. The van der Waals surface area contributed by atoms with E-state index in [9.17, 15) is 27.5 Å². The molecule has 3 rings (SSSR count). The zero-order valence-electron chi connectivity index (χ0n) is 29.7. The monoisotopic (exact) mass is 692 g/mol. The molecular weight excluding hydrogens is 638 g/mol. The molecule has 0 bridgehead atoms. The summed E-state index contributed by atoms with van der Waals surface area (Å²) in [5.74, 6) is 0.637. The molecule has 1 saturated carbocycles. The molecule has 2 aromatic rings. The fourth-order valence-electron chi connectivity index (χ4n) is 5.31. The van der Waals surface area contributed by atoms with Crippen LogP contribution in [0.3, 0.4) is 0 Å². The molecule has 46 heavy (non-hydrogen) atoms. The third-order valence-electron chi connectivity index (χ3n) is 8.13. The number of aliphatic imine (C=N–C) groups is 2. The van der Waals surface area contributed by atoms with Gasteiger partial charge in [-0.05, 0) is 57.8 Å². The van der Waals surface area contributed by atoms with Crippen molar-refractivity contribution >= 4 is 19.7 Å². The van der Waals surface area contributed by atoms with Gasteiger partial charge < -0.3 is 27.5 Å². The van der Waals surface area contributed by atoms with Crippen LogP contribution in [0.25, 0.3) is 0 Å². The van der Waals surface area contributed by atoms with Crippen molar-refractivity contribution in [3.8, 4) is 11.5 Å². The van der Waals surface area contributed by atoms with Crippen molar-refractivity contribution in [1.82, 2.24) is 0 Å². The summed E-state index contributed by atoms with van der Waals surface area (Å²) >= 11 is 0. The van der Waals surface area contributed by atoms with E-state index >= 15 is 0 Å². The van der Waals surface area contributed by atoms with Crippen LogP contribution in [-0.2, 0) is 38.4 Å². The van der Waals surface area contributed by atoms with Crippen molar-refractivity contribution in [1.29, 1.82) is 0 Å². The largest absolute Gasteiger partial charge is 0.673 e. The van der Waals surface area contributed by atoms with E-state index in [4.69, 9.17) is 9.98 Å². The molecule has 1 aliphatic carbocycles. The average Bonchev–Trinajstić information content (AvgIpc) is 2.84. The smallest absolute Gasteiger partial charge is 0.507 e. The Morgan fingerprint density at radius 1 is 0.587 bits per heavy atom. The van der Waals surface area contributed by atoms with Crippen LogP contribution in [0.4, 0.5) is 17.3 Å². The van der Waals surface area contributed by atoms with E-state index < -0.39 is 7.25 Å². The normalized spacial score (nSPS) is 18.3. The number of benzene rings is 2. The summed E-state index contributed by atoms with van der Waals surface area (Å²) in [6.45, 7) is 26.0. The van der Waals surface area contributed by atoms with Gasteiger partial charge in [0, 0.05) is 51.5 Å². The summed E-state index contributed by atoms with van der Waals surface area (Å²) in [6, 6.07) is 8.53. The standard InChI is InChI=1S/C36H54N2O2.BF4.Co/c1-33(2,3)25-17-23(31(39)27(19-25)35(7,8)9)21-37-29-15-13-14-16-30(29)38-22-24-18-26(34(4,5)6)20-28(32(24)40)36(10,11)12;2-1(3,4)5;/h17-22,29-30,39-40H,13-16H2,1-12H3;;/q;-1;/t29-,30-;;/m0../s1. The SMILES string of the molecule is CC(C)(C)c1cc(C=N[C@H]2CCCC[C@@H]2N=Cc2cc(C(C)(C)C)cc(C(C)(C)C)c2O)c(O)c(C(C)(C)C)c1.F[B-](F)(F)F.[Co]. The van der Waals surface area contributed by atoms with E-state index in [1.165, 1.54) is 11.1 Å². The molecular formula is C36H54BCoF4N2O2-. The molecule has 4 nitrogen and oxygen atoms in total. The van der Waals surface area contributed by atoms with E-state index in [2.05, 4.69) is 107 Å². The van der Waals surface area contributed by atoms with Crippen LogP contribution < -0.4 is 0 Å². The maximum absolute atomic E-state index is 11.2. The second-order valence-corrected chi connectivity index (χ2v) is 16.4. The number of phenolic OH excluding ortho intramolecular Hbond substituents is 2. The first kappa shape index (κ1) is 41.7. The van der Waals surface area contributed by atoms with Gasteiger partial charge in [-0.15, -0.1) is 0 Å². The van der Waals surface area contributed by atoms with Crippen molar-refractivity contribution in [3.05, 3.63) is 57.6 Å². The molecule has 1 aliphatic rings. The van der Waals surface area contributed by atoms with Gasteiger partial charge in [-0.1, -0.05) is 108 Å². The molecule has 0 aliphatic heterocycles. The molecule has 0 saturated heterocycles. The number of hydrogen-bond acceptors (Lipinski definition) is 4. The quantitative estimate of drug-likeness (QED) is 0.190. The third kappa shape index (κ3) is 12.4. The predicted molar refractivity (Wildman–Crippen MR) is 182 cm³/mol. The van der Waals surface area contributed by atoms with Gasteiger partial charge >= 0.3 is 7.25 Å². The van der Waals surface area contributed by atoms with Gasteiger partial charge in [0.2, 0.25) is 0 Å². The Kier molecular flexibility index (Phi) is 13.8. The van der Waals surface area contributed by atoms with Crippen LogP contribution in [-0.4, -0.2) is 42.0 Å². The fraction of sp³-hybridized carbons (Fsp3) is 0.611. The van der Waals surface area contributed by atoms with Crippen LogP contribution in [0.15, 0.2) is 34.3 Å². The van der Waals surface area contributed by atoms with Crippen LogP contribution in [0, 0.1) is 0 Å². The van der Waals surface area contributed by atoms with Crippen molar-refractivity contribution in [3.63, 3.8) is 0 Å². The molecule has 2 N–H and O–H groups in total. The minimum atomic E-state index is -6.00. The molecule has 261 valence electrons. The van der Waals surface area contributed by atoms with Crippen LogP contribution in [0.2, 0.25) is 0 Å². The zero-order valence-corrected chi connectivity index (χ0v) is 30.7. The van der Waals surface area contributed by atoms with Crippen molar-refractivity contribution in [2.45, 2.75) is 143 Å². The second kappa shape index (κ2) is 15.3. The summed E-state index contributed by atoms with van der Waals surface area (Å²) < 4.78 is 39.0. The van der Waals surface area contributed by atoms with Gasteiger partial charge in [0.05, 0.1) is 12.1 Å². The molecule has 0 unspecified atom stereocenters. The average molecular weight is 693 g/mol. The second-order valence-electron chi connectivity index (χ2n) is 16.4. The van der Waals surface area contributed by atoms with Gasteiger partial charge in [0.15, 0.2) is 0 Å². The van der Waals surface area contributed by atoms with Crippen LogP contribution in [0.1, 0.15) is 142 Å². The summed E-state index contributed by atoms with van der Waals surface area (Å²) in [7, 11) is -6.00.